The van der Waals surface area contributed by atoms with E-state index in [4.69, 9.17) is 15.2 Å². The molecule has 3 heterocycles. The molecule has 3 atom stereocenters. The third-order valence-corrected chi connectivity index (χ3v) is 3.98. The summed E-state index contributed by atoms with van der Waals surface area (Å²) in [5.74, 6) is 0.159. The molecule has 0 radical (unpaired) electrons. The summed E-state index contributed by atoms with van der Waals surface area (Å²) in [6, 6.07) is 0. The molecule has 12 nitrogen and oxygen atoms in total. The Hall–Kier alpha value is -1.82. The van der Waals surface area contributed by atoms with Crippen LogP contribution >= 0.6 is 7.82 Å². The van der Waals surface area contributed by atoms with Crippen molar-refractivity contribution < 1.29 is 33.5 Å². The molecule has 0 spiro atoms. The van der Waals surface area contributed by atoms with Crippen LogP contribution in [0.2, 0.25) is 0 Å². The quantitative estimate of drug-likeness (QED) is 0.558. The van der Waals surface area contributed by atoms with E-state index in [2.05, 4.69) is 19.5 Å². The number of aromatic nitrogens is 4. The Morgan fingerprint density at radius 1 is 1.54 bits per heavy atom. The first-order chi connectivity index (χ1) is 11.3. The summed E-state index contributed by atoms with van der Waals surface area (Å²) in [5, 5.41) is 9.97. The third kappa shape index (κ3) is 3.34. The predicted octanol–water partition coefficient (Wildman–Crippen LogP) is -2.09. The number of methoxy groups -OCH3 is 1. The van der Waals surface area contributed by atoms with Gasteiger partial charge in [-0.1, -0.05) is 0 Å². The van der Waals surface area contributed by atoms with Crippen molar-refractivity contribution in [1.82, 2.24) is 19.5 Å². The number of fused-ring (bicyclic) bond motifs is 1. The molecule has 24 heavy (non-hydrogen) atoms. The molecule has 0 saturated carbocycles. The number of rotatable bonds is 5. The highest BCUT2D eigenvalue weighted by Gasteiger charge is 2.36. The molecule has 132 valence electrons. The lowest BCUT2D eigenvalue weighted by Gasteiger charge is -2.30. The molecule has 1 fully saturated rings. The maximum absolute atomic E-state index is 10.5. The second-order valence-electron chi connectivity index (χ2n) is 5.09. The van der Waals surface area contributed by atoms with Gasteiger partial charge in [0.05, 0.1) is 34.0 Å². The average Bonchev–Trinajstić information content (AvgIpc) is 3.06. The SMILES string of the molecule is COc1nc(N)nc2c1ncn2[C@H]1C[C@H](O)[C@@H](COP(=O)([O-])[O-])O1. The second-order valence-corrected chi connectivity index (χ2v) is 6.24. The first-order valence-electron chi connectivity index (χ1n) is 6.82. The molecule has 3 rings (SSSR count). The standard InChI is InChI=1S/C11H16N5O7P/c1-21-10-8-9(14-11(12)15-10)16(4-13-8)7-2-5(17)6(23-7)3-22-24(18,19)20/h4-7,17H,2-3H2,1H3,(H2,12,14,15)(H2,18,19,20)/p-2/t5-,6+,7+/m0/s1. The number of nitrogen functional groups attached to an aromatic ring is 1. The Bertz CT molecular complexity index is 792. The van der Waals surface area contributed by atoms with Gasteiger partial charge in [0.1, 0.15) is 12.3 Å². The molecule has 0 bridgehead atoms. The van der Waals surface area contributed by atoms with Gasteiger partial charge in [-0.3, -0.25) is 4.57 Å². The van der Waals surface area contributed by atoms with Gasteiger partial charge < -0.3 is 39.2 Å². The molecular weight excluding hydrogens is 345 g/mol. The summed E-state index contributed by atoms with van der Waals surface area (Å²) in [7, 11) is -3.73. The van der Waals surface area contributed by atoms with Crippen molar-refractivity contribution in [2.75, 3.05) is 19.5 Å². The first kappa shape index (κ1) is 17.0. The number of phosphoric ester groups is 1. The number of phosphoric acid groups is 1. The van der Waals surface area contributed by atoms with Crippen molar-refractivity contribution in [3.05, 3.63) is 6.33 Å². The number of hydrogen-bond acceptors (Lipinski definition) is 11. The highest BCUT2D eigenvalue weighted by Crippen LogP contribution is 2.34. The number of hydrogen-bond donors (Lipinski definition) is 2. The van der Waals surface area contributed by atoms with Gasteiger partial charge in [0.25, 0.3) is 0 Å². The summed E-state index contributed by atoms with van der Waals surface area (Å²) < 4.78 is 26.8. The van der Waals surface area contributed by atoms with Gasteiger partial charge in [-0.25, -0.2) is 4.98 Å². The number of aliphatic hydroxyl groups excluding tert-OH is 1. The Kier molecular flexibility index (Phi) is 4.42. The van der Waals surface area contributed by atoms with E-state index in [0.717, 1.165) is 0 Å². The second kappa shape index (κ2) is 6.24. The summed E-state index contributed by atoms with van der Waals surface area (Å²) in [6.45, 7) is -0.574. The Morgan fingerprint density at radius 3 is 2.96 bits per heavy atom. The molecule has 2 aromatic rings. The molecule has 1 saturated heterocycles. The van der Waals surface area contributed by atoms with Gasteiger partial charge in [0.2, 0.25) is 11.8 Å². The predicted molar refractivity (Wildman–Crippen MR) is 74.4 cm³/mol. The lowest BCUT2D eigenvalue weighted by Crippen LogP contribution is -2.29. The summed E-state index contributed by atoms with van der Waals surface area (Å²) in [5.41, 5.74) is 6.31. The van der Waals surface area contributed by atoms with E-state index in [9.17, 15) is 19.5 Å². The minimum atomic E-state index is -5.14. The van der Waals surface area contributed by atoms with Crippen molar-refractivity contribution in [3.8, 4) is 5.88 Å². The van der Waals surface area contributed by atoms with Crippen molar-refractivity contribution in [2.45, 2.75) is 24.9 Å². The number of anilines is 1. The lowest BCUT2D eigenvalue weighted by atomic mass is 10.2. The zero-order valence-electron chi connectivity index (χ0n) is 12.4. The number of imidazole rings is 1. The van der Waals surface area contributed by atoms with Crippen LogP contribution in [0.4, 0.5) is 5.95 Å². The number of nitrogens with zero attached hydrogens (tertiary/aromatic N) is 4. The largest absolute Gasteiger partial charge is 0.790 e. The topological polar surface area (TPSA) is 181 Å². The van der Waals surface area contributed by atoms with Crippen LogP contribution in [0.1, 0.15) is 12.6 Å². The van der Waals surface area contributed by atoms with Crippen molar-refractivity contribution in [3.63, 3.8) is 0 Å². The van der Waals surface area contributed by atoms with E-state index in [1.807, 2.05) is 0 Å². The molecule has 0 aliphatic carbocycles. The van der Waals surface area contributed by atoms with Crippen LogP contribution in [-0.4, -0.2) is 50.6 Å². The smallest absolute Gasteiger partial charge is 0.246 e. The average molecular weight is 359 g/mol. The number of aliphatic hydroxyl groups is 1. The van der Waals surface area contributed by atoms with Crippen LogP contribution < -0.4 is 20.3 Å². The van der Waals surface area contributed by atoms with E-state index in [1.54, 1.807) is 0 Å². The van der Waals surface area contributed by atoms with Gasteiger partial charge in [0, 0.05) is 6.42 Å². The number of nitrogens with two attached hydrogens (primary N) is 1. The van der Waals surface area contributed by atoms with Crippen molar-refractivity contribution in [2.24, 2.45) is 0 Å². The van der Waals surface area contributed by atoms with E-state index >= 15 is 0 Å². The van der Waals surface area contributed by atoms with Gasteiger partial charge in [-0.2, -0.15) is 9.97 Å². The van der Waals surface area contributed by atoms with Crippen LogP contribution in [-0.2, 0) is 13.8 Å². The molecule has 1 aliphatic heterocycles. The zero-order valence-corrected chi connectivity index (χ0v) is 13.3. The molecule has 13 heteroatoms. The number of ether oxygens (including phenoxy) is 2. The van der Waals surface area contributed by atoms with Crippen LogP contribution in [0.5, 0.6) is 5.88 Å². The molecule has 3 N–H and O–H groups in total. The van der Waals surface area contributed by atoms with E-state index in [-0.39, 0.29) is 18.2 Å². The molecule has 0 amide bonds. The van der Waals surface area contributed by atoms with Gasteiger partial charge in [0.15, 0.2) is 11.2 Å². The highest BCUT2D eigenvalue weighted by atomic mass is 31.2. The van der Waals surface area contributed by atoms with Gasteiger partial charge >= 0.3 is 0 Å². The Balaban J connectivity index is 1.84. The van der Waals surface area contributed by atoms with Gasteiger partial charge in [-0.15, -0.1) is 0 Å². The Morgan fingerprint density at radius 2 is 2.29 bits per heavy atom. The summed E-state index contributed by atoms with van der Waals surface area (Å²) in [4.78, 5) is 33.2. The van der Waals surface area contributed by atoms with Gasteiger partial charge in [-0.05, 0) is 0 Å². The fourth-order valence-electron chi connectivity index (χ4n) is 2.46. The normalized spacial score (nSPS) is 24.6. The fourth-order valence-corrected chi connectivity index (χ4v) is 2.79. The van der Waals surface area contributed by atoms with Crippen LogP contribution in [0, 0.1) is 0 Å². The molecule has 2 aromatic heterocycles. The minimum absolute atomic E-state index is 0.0295. The molecule has 0 unspecified atom stereocenters. The first-order valence-corrected chi connectivity index (χ1v) is 8.28. The molecule has 1 aliphatic rings. The minimum Gasteiger partial charge on any atom is -0.790 e. The van der Waals surface area contributed by atoms with Crippen LogP contribution in [0.3, 0.4) is 0 Å². The fraction of sp³-hybridized carbons (Fsp3) is 0.545. The van der Waals surface area contributed by atoms with Crippen molar-refractivity contribution in [1.29, 1.82) is 0 Å². The maximum Gasteiger partial charge on any atom is 0.246 e. The summed E-state index contributed by atoms with van der Waals surface area (Å²) in [6.07, 6.45) is -1.18. The van der Waals surface area contributed by atoms with E-state index in [0.29, 0.717) is 11.2 Å². The monoisotopic (exact) mass is 359 g/mol. The molecular formula is C11H14N5O7P-2. The lowest BCUT2D eigenvalue weighted by molar-refractivity contribution is -0.343. The van der Waals surface area contributed by atoms with Crippen LogP contribution in [0.25, 0.3) is 11.2 Å². The Labute approximate surface area is 135 Å². The zero-order chi connectivity index (χ0) is 17.5. The highest BCUT2D eigenvalue weighted by molar-refractivity contribution is 7.43. The summed E-state index contributed by atoms with van der Waals surface area (Å²) >= 11 is 0. The van der Waals surface area contributed by atoms with E-state index < -0.39 is 32.9 Å². The molecule has 0 aromatic carbocycles. The maximum atomic E-state index is 10.5. The van der Waals surface area contributed by atoms with Crippen molar-refractivity contribution >= 4 is 24.9 Å². The van der Waals surface area contributed by atoms with Crippen LogP contribution in [0.15, 0.2) is 6.33 Å². The van der Waals surface area contributed by atoms with E-state index in [1.165, 1.54) is 18.0 Å². The third-order valence-electron chi connectivity index (χ3n) is 3.51.